The van der Waals surface area contributed by atoms with Crippen LogP contribution in [0.4, 0.5) is 5.82 Å². The SMILES string of the molecule is COc1cc(OC)c2ncnc(NCc3ccc(CP(=O)(O)O)cc3)c2c1. The van der Waals surface area contributed by atoms with Gasteiger partial charge in [0, 0.05) is 12.6 Å². The number of fused-ring (bicyclic) bond motifs is 1. The minimum absolute atomic E-state index is 0.267. The Bertz CT molecular complexity index is 988. The highest BCUT2D eigenvalue weighted by Crippen LogP contribution is 2.39. The number of ether oxygens (including phenoxy) is 2. The van der Waals surface area contributed by atoms with Crippen LogP contribution in [-0.4, -0.2) is 34.0 Å². The number of hydrogen-bond acceptors (Lipinski definition) is 6. The zero-order chi connectivity index (χ0) is 19.4. The molecule has 9 heteroatoms. The van der Waals surface area contributed by atoms with Gasteiger partial charge in [-0.15, -0.1) is 0 Å². The van der Waals surface area contributed by atoms with Crippen LogP contribution in [0, 0.1) is 0 Å². The van der Waals surface area contributed by atoms with E-state index >= 15 is 0 Å². The van der Waals surface area contributed by atoms with Gasteiger partial charge in [0.05, 0.1) is 25.8 Å². The molecule has 0 unspecified atom stereocenters. The first-order chi connectivity index (χ1) is 12.9. The summed E-state index contributed by atoms with van der Waals surface area (Å²) in [5.74, 6) is 1.87. The molecule has 2 aromatic carbocycles. The van der Waals surface area contributed by atoms with Crippen molar-refractivity contribution < 1.29 is 23.8 Å². The molecule has 0 bridgehead atoms. The van der Waals surface area contributed by atoms with Gasteiger partial charge in [0.25, 0.3) is 0 Å². The van der Waals surface area contributed by atoms with Crippen molar-refractivity contribution in [2.75, 3.05) is 19.5 Å². The third-order valence-corrected chi connectivity index (χ3v) is 4.78. The van der Waals surface area contributed by atoms with Gasteiger partial charge in [0.2, 0.25) is 0 Å². The molecule has 0 radical (unpaired) electrons. The van der Waals surface area contributed by atoms with Crippen LogP contribution in [0.5, 0.6) is 11.5 Å². The highest BCUT2D eigenvalue weighted by atomic mass is 31.2. The van der Waals surface area contributed by atoms with Gasteiger partial charge in [-0.2, -0.15) is 0 Å². The van der Waals surface area contributed by atoms with Crippen molar-refractivity contribution in [2.24, 2.45) is 0 Å². The topological polar surface area (TPSA) is 114 Å². The third kappa shape index (κ3) is 4.74. The number of methoxy groups -OCH3 is 2. The number of aromatic nitrogens is 2. The van der Waals surface area contributed by atoms with E-state index in [2.05, 4.69) is 15.3 Å². The Kier molecular flexibility index (Phi) is 5.60. The summed E-state index contributed by atoms with van der Waals surface area (Å²) in [6, 6.07) is 10.7. The predicted molar refractivity (Wildman–Crippen MR) is 102 cm³/mol. The maximum Gasteiger partial charge on any atom is 0.329 e. The molecule has 0 spiro atoms. The number of benzene rings is 2. The van der Waals surface area contributed by atoms with Gasteiger partial charge in [0.1, 0.15) is 29.2 Å². The van der Waals surface area contributed by atoms with E-state index in [1.807, 2.05) is 18.2 Å². The fraction of sp³-hybridized carbons (Fsp3) is 0.222. The molecule has 3 rings (SSSR count). The molecular formula is C18H20N3O5P. The van der Waals surface area contributed by atoms with E-state index in [4.69, 9.17) is 19.3 Å². The van der Waals surface area contributed by atoms with E-state index in [1.165, 1.54) is 6.33 Å². The molecule has 0 aliphatic rings. The first-order valence-corrected chi connectivity index (χ1v) is 9.92. The van der Waals surface area contributed by atoms with Crippen LogP contribution < -0.4 is 14.8 Å². The third-order valence-electron chi connectivity index (χ3n) is 4.00. The minimum Gasteiger partial charge on any atom is -0.497 e. The van der Waals surface area contributed by atoms with E-state index < -0.39 is 7.60 Å². The second kappa shape index (κ2) is 7.92. The molecule has 3 aromatic rings. The molecule has 0 saturated heterocycles. The summed E-state index contributed by atoms with van der Waals surface area (Å²) in [6.07, 6.45) is 1.19. The average Bonchev–Trinajstić information content (AvgIpc) is 2.65. The highest BCUT2D eigenvalue weighted by Gasteiger charge is 2.14. The van der Waals surface area contributed by atoms with Gasteiger partial charge in [-0.3, -0.25) is 4.57 Å². The van der Waals surface area contributed by atoms with Gasteiger partial charge in [0.15, 0.2) is 0 Å². The number of hydrogen-bond donors (Lipinski definition) is 3. The Morgan fingerprint density at radius 2 is 1.74 bits per heavy atom. The molecule has 0 saturated carbocycles. The summed E-state index contributed by atoms with van der Waals surface area (Å²) in [6.45, 7) is 0.488. The maximum absolute atomic E-state index is 11.1. The van der Waals surface area contributed by atoms with E-state index in [9.17, 15) is 4.57 Å². The largest absolute Gasteiger partial charge is 0.497 e. The Morgan fingerprint density at radius 3 is 2.37 bits per heavy atom. The van der Waals surface area contributed by atoms with Crippen molar-refractivity contribution >= 4 is 24.3 Å². The molecule has 0 amide bonds. The van der Waals surface area contributed by atoms with E-state index in [0.29, 0.717) is 34.9 Å². The second-order valence-corrected chi connectivity index (χ2v) is 7.59. The summed E-state index contributed by atoms with van der Waals surface area (Å²) < 4.78 is 21.8. The number of rotatable bonds is 7. The van der Waals surface area contributed by atoms with Gasteiger partial charge in [-0.1, -0.05) is 24.3 Å². The Labute approximate surface area is 156 Å². The summed E-state index contributed by atoms with van der Waals surface area (Å²) in [7, 11) is -0.913. The summed E-state index contributed by atoms with van der Waals surface area (Å²) >= 11 is 0. The maximum atomic E-state index is 11.1. The van der Waals surface area contributed by atoms with Gasteiger partial charge in [-0.25, -0.2) is 9.97 Å². The molecule has 0 atom stereocenters. The van der Waals surface area contributed by atoms with Crippen LogP contribution >= 0.6 is 7.60 Å². The lowest BCUT2D eigenvalue weighted by Gasteiger charge is -2.12. The van der Waals surface area contributed by atoms with Gasteiger partial charge in [-0.05, 0) is 17.2 Å². The molecule has 1 aromatic heterocycles. The molecule has 1 heterocycles. The van der Waals surface area contributed by atoms with Crippen LogP contribution in [0.2, 0.25) is 0 Å². The lowest BCUT2D eigenvalue weighted by Crippen LogP contribution is -2.03. The van der Waals surface area contributed by atoms with Crippen molar-refractivity contribution in [3.05, 3.63) is 53.9 Å². The van der Waals surface area contributed by atoms with Gasteiger partial charge < -0.3 is 24.6 Å². The molecule has 0 fully saturated rings. The zero-order valence-electron chi connectivity index (χ0n) is 14.9. The summed E-state index contributed by atoms with van der Waals surface area (Å²) in [5, 5.41) is 4.03. The Morgan fingerprint density at radius 1 is 1.04 bits per heavy atom. The van der Waals surface area contributed by atoms with Crippen molar-refractivity contribution in [3.63, 3.8) is 0 Å². The van der Waals surface area contributed by atoms with Gasteiger partial charge >= 0.3 is 7.60 Å². The highest BCUT2D eigenvalue weighted by molar-refractivity contribution is 7.50. The molecular weight excluding hydrogens is 369 g/mol. The standard InChI is InChI=1S/C18H20N3O5P/c1-25-14-7-15-17(16(8-14)26-2)20-11-21-18(15)19-9-12-3-5-13(6-4-12)10-27(22,23)24/h3-8,11H,9-10H2,1-2H3,(H,19,20,21)(H2,22,23,24). The monoisotopic (exact) mass is 389 g/mol. The number of anilines is 1. The van der Waals surface area contributed by atoms with Crippen LogP contribution in [0.15, 0.2) is 42.7 Å². The van der Waals surface area contributed by atoms with Crippen molar-refractivity contribution in [2.45, 2.75) is 12.7 Å². The average molecular weight is 389 g/mol. The molecule has 0 aliphatic carbocycles. The van der Waals surface area contributed by atoms with Crippen LogP contribution in [-0.2, 0) is 17.3 Å². The minimum atomic E-state index is -4.07. The van der Waals surface area contributed by atoms with E-state index in [-0.39, 0.29) is 6.16 Å². The summed E-state index contributed by atoms with van der Waals surface area (Å²) in [5.41, 5.74) is 2.22. The predicted octanol–water partition coefficient (Wildman–Crippen LogP) is 2.94. The Hall–Kier alpha value is -2.67. The summed E-state index contributed by atoms with van der Waals surface area (Å²) in [4.78, 5) is 26.7. The molecule has 27 heavy (non-hydrogen) atoms. The van der Waals surface area contributed by atoms with E-state index in [0.717, 1.165) is 10.9 Å². The first-order valence-electron chi connectivity index (χ1n) is 8.12. The lowest BCUT2D eigenvalue weighted by molar-refractivity contribution is 0.371. The normalized spacial score (nSPS) is 11.4. The lowest BCUT2D eigenvalue weighted by atomic mass is 10.1. The molecule has 142 valence electrons. The van der Waals surface area contributed by atoms with Crippen molar-refractivity contribution in [1.29, 1.82) is 0 Å². The number of nitrogens with one attached hydrogen (secondary N) is 1. The van der Waals surface area contributed by atoms with E-state index in [1.54, 1.807) is 32.4 Å². The molecule has 3 N–H and O–H groups in total. The van der Waals surface area contributed by atoms with Crippen molar-refractivity contribution in [3.8, 4) is 11.5 Å². The first kappa shape index (κ1) is 19.1. The van der Waals surface area contributed by atoms with Crippen molar-refractivity contribution in [1.82, 2.24) is 9.97 Å². The molecule has 0 aliphatic heterocycles. The smallest absolute Gasteiger partial charge is 0.329 e. The molecule has 8 nitrogen and oxygen atoms in total. The fourth-order valence-electron chi connectivity index (χ4n) is 2.71. The van der Waals surface area contributed by atoms with Crippen LogP contribution in [0.3, 0.4) is 0 Å². The fourth-order valence-corrected chi connectivity index (χ4v) is 3.40. The number of nitrogens with zero attached hydrogens (tertiary/aromatic N) is 2. The quantitative estimate of drug-likeness (QED) is 0.529. The Balaban J connectivity index is 1.82. The van der Waals surface area contributed by atoms with Crippen LogP contribution in [0.1, 0.15) is 11.1 Å². The second-order valence-electron chi connectivity index (χ2n) is 5.94. The zero-order valence-corrected chi connectivity index (χ0v) is 15.8. The van der Waals surface area contributed by atoms with Crippen LogP contribution in [0.25, 0.3) is 10.9 Å².